The second-order valence-electron chi connectivity index (χ2n) is 4.41. The third kappa shape index (κ3) is 9.71. The van der Waals surface area contributed by atoms with E-state index in [0.717, 1.165) is 11.7 Å². The molecule has 0 aromatic rings. The smallest absolute Gasteiger partial charge is 0.123 e. The minimum Gasteiger partial charge on any atom is -0.365 e. The van der Waals surface area contributed by atoms with E-state index < -0.39 is 0 Å². The zero-order chi connectivity index (χ0) is 11.2. The zero-order valence-corrected chi connectivity index (χ0v) is 9.85. The number of hydrogen-bond donors (Lipinski definition) is 0. The molecule has 14 heavy (non-hydrogen) atoms. The third-order valence-corrected chi connectivity index (χ3v) is 1.14. The van der Waals surface area contributed by atoms with Crippen LogP contribution in [0.3, 0.4) is 0 Å². The van der Waals surface area contributed by atoms with Crippen molar-refractivity contribution in [1.29, 1.82) is 0 Å². The van der Waals surface area contributed by atoms with Gasteiger partial charge < -0.3 is 4.74 Å². The van der Waals surface area contributed by atoms with Gasteiger partial charge in [-0.25, -0.2) is 9.78 Å². The van der Waals surface area contributed by atoms with Crippen LogP contribution in [-0.2, 0) is 14.5 Å². The van der Waals surface area contributed by atoms with Crippen molar-refractivity contribution in [3.63, 3.8) is 0 Å². The minimum atomic E-state index is -0.283. The lowest BCUT2D eigenvalue weighted by Crippen LogP contribution is -2.21. The third-order valence-electron chi connectivity index (χ3n) is 1.14. The van der Waals surface area contributed by atoms with Crippen LogP contribution in [0.4, 0.5) is 0 Å². The minimum absolute atomic E-state index is 0.283. The first-order valence-corrected chi connectivity index (χ1v) is 4.71. The Morgan fingerprint density at radius 2 is 1.71 bits per heavy atom. The summed E-state index contributed by atoms with van der Waals surface area (Å²) in [6, 6.07) is 0. The molecule has 3 heteroatoms. The summed E-state index contributed by atoms with van der Waals surface area (Å²) in [5.74, 6) is 0. The highest BCUT2D eigenvalue weighted by Gasteiger charge is 2.13. The fourth-order valence-corrected chi connectivity index (χ4v) is 0.577. The first-order chi connectivity index (χ1) is 6.31. The summed E-state index contributed by atoms with van der Waals surface area (Å²) in [7, 11) is 0. The van der Waals surface area contributed by atoms with Gasteiger partial charge in [-0.3, -0.25) is 0 Å². The van der Waals surface area contributed by atoms with E-state index in [1.807, 2.05) is 34.6 Å². The van der Waals surface area contributed by atoms with Crippen molar-refractivity contribution in [3.8, 4) is 0 Å². The van der Waals surface area contributed by atoms with E-state index in [1.54, 1.807) is 0 Å². The van der Waals surface area contributed by atoms with Gasteiger partial charge in [-0.2, -0.15) is 0 Å². The molecule has 0 spiro atoms. The molecule has 0 unspecified atom stereocenters. The molecule has 0 N–H and O–H groups in total. The van der Waals surface area contributed by atoms with Crippen molar-refractivity contribution in [2.45, 2.75) is 40.2 Å². The van der Waals surface area contributed by atoms with Gasteiger partial charge >= 0.3 is 0 Å². The molecule has 0 rings (SSSR count). The van der Waals surface area contributed by atoms with Gasteiger partial charge in [-0.05, 0) is 34.6 Å². The summed E-state index contributed by atoms with van der Waals surface area (Å²) in [6.45, 7) is 14.2. The first-order valence-electron chi connectivity index (χ1n) is 4.71. The summed E-state index contributed by atoms with van der Waals surface area (Å²) in [6.07, 6.45) is 0.789. The molecule has 0 aromatic heterocycles. The van der Waals surface area contributed by atoms with E-state index in [0.29, 0.717) is 13.2 Å². The van der Waals surface area contributed by atoms with Gasteiger partial charge in [0.1, 0.15) is 12.7 Å². The second kappa shape index (κ2) is 6.17. The Balaban J connectivity index is 3.45. The maximum absolute atomic E-state index is 5.33. The summed E-state index contributed by atoms with van der Waals surface area (Å²) >= 11 is 0. The largest absolute Gasteiger partial charge is 0.365 e. The monoisotopic (exact) mass is 201 g/mol. The summed E-state index contributed by atoms with van der Waals surface area (Å²) in [4.78, 5) is 10.1. The van der Waals surface area contributed by atoms with Gasteiger partial charge in [-0.15, -0.1) is 0 Å². The predicted molar refractivity (Wildman–Crippen MR) is 56.5 cm³/mol. The lowest BCUT2D eigenvalue weighted by molar-refractivity contribution is -0.349. The molecule has 0 aliphatic carbocycles. The van der Waals surface area contributed by atoms with Crippen LogP contribution in [0, 0.1) is 6.10 Å². The van der Waals surface area contributed by atoms with Gasteiger partial charge in [0.25, 0.3) is 0 Å². The predicted octanol–water partition coefficient (Wildman–Crippen LogP) is 2.88. The van der Waals surface area contributed by atoms with Gasteiger partial charge in [0.05, 0.1) is 12.2 Å². The van der Waals surface area contributed by atoms with Gasteiger partial charge in [0.15, 0.2) is 0 Å². The Morgan fingerprint density at radius 1 is 1.14 bits per heavy atom. The fourth-order valence-electron chi connectivity index (χ4n) is 0.577. The molecule has 0 bridgehead atoms. The fraction of sp³-hybridized carbons (Fsp3) is 0.727. The maximum Gasteiger partial charge on any atom is 0.123 e. The SMILES string of the molecule is C=C(C)CO[C](C)COOC(C)(C)C. The molecular weight excluding hydrogens is 180 g/mol. The van der Waals surface area contributed by atoms with Crippen LogP contribution in [0.1, 0.15) is 34.6 Å². The Labute approximate surface area is 87.0 Å². The molecule has 0 aliphatic rings. The van der Waals surface area contributed by atoms with E-state index in [4.69, 9.17) is 14.5 Å². The molecule has 83 valence electrons. The molecule has 0 amide bonds. The topological polar surface area (TPSA) is 27.7 Å². The van der Waals surface area contributed by atoms with Crippen LogP contribution < -0.4 is 0 Å². The molecule has 0 aliphatic heterocycles. The highest BCUT2D eigenvalue weighted by atomic mass is 17.2. The average Bonchev–Trinajstić information content (AvgIpc) is 1.98. The van der Waals surface area contributed by atoms with Crippen LogP contribution in [0.2, 0.25) is 0 Å². The first kappa shape index (κ1) is 13.6. The van der Waals surface area contributed by atoms with Crippen LogP contribution in [0.5, 0.6) is 0 Å². The molecule has 0 saturated carbocycles. The Kier molecular flexibility index (Phi) is 6.00. The average molecular weight is 201 g/mol. The number of ether oxygens (including phenoxy) is 1. The highest BCUT2D eigenvalue weighted by molar-refractivity contribution is 4.89. The van der Waals surface area contributed by atoms with Crippen molar-refractivity contribution in [2.24, 2.45) is 0 Å². The molecule has 0 saturated heterocycles. The van der Waals surface area contributed by atoms with E-state index in [9.17, 15) is 0 Å². The Bertz CT molecular complexity index is 170. The molecule has 0 aromatic carbocycles. The molecule has 0 fully saturated rings. The second-order valence-corrected chi connectivity index (χ2v) is 4.41. The Hall–Kier alpha value is -0.380. The van der Waals surface area contributed by atoms with E-state index in [1.165, 1.54) is 0 Å². The van der Waals surface area contributed by atoms with E-state index in [2.05, 4.69) is 6.58 Å². The van der Waals surface area contributed by atoms with Crippen molar-refractivity contribution in [3.05, 3.63) is 18.3 Å². The summed E-state index contributed by atoms with van der Waals surface area (Å²) in [5, 5.41) is 0. The van der Waals surface area contributed by atoms with Gasteiger partial charge in [-0.1, -0.05) is 12.2 Å². The van der Waals surface area contributed by atoms with Gasteiger partial charge in [0.2, 0.25) is 0 Å². The van der Waals surface area contributed by atoms with Crippen molar-refractivity contribution in [2.75, 3.05) is 13.2 Å². The maximum atomic E-state index is 5.33. The normalized spacial score (nSPS) is 12.1. The van der Waals surface area contributed by atoms with Crippen LogP contribution in [-0.4, -0.2) is 18.8 Å². The van der Waals surface area contributed by atoms with Crippen LogP contribution in [0.15, 0.2) is 12.2 Å². The standard InChI is InChI=1S/C11H21O3/c1-9(2)7-12-10(3)8-13-14-11(4,5)6/h1,7-8H2,2-6H3. The van der Waals surface area contributed by atoms with Crippen LogP contribution in [0.25, 0.3) is 0 Å². The van der Waals surface area contributed by atoms with Crippen molar-refractivity contribution >= 4 is 0 Å². The van der Waals surface area contributed by atoms with Crippen molar-refractivity contribution < 1.29 is 14.5 Å². The van der Waals surface area contributed by atoms with E-state index >= 15 is 0 Å². The molecule has 3 nitrogen and oxygen atoms in total. The van der Waals surface area contributed by atoms with Crippen molar-refractivity contribution in [1.82, 2.24) is 0 Å². The number of hydrogen-bond acceptors (Lipinski definition) is 3. The highest BCUT2D eigenvalue weighted by Crippen LogP contribution is 2.10. The van der Waals surface area contributed by atoms with E-state index in [-0.39, 0.29) is 5.60 Å². The zero-order valence-electron chi connectivity index (χ0n) is 9.85. The lowest BCUT2D eigenvalue weighted by Gasteiger charge is -2.19. The lowest BCUT2D eigenvalue weighted by atomic mass is 10.2. The van der Waals surface area contributed by atoms with Gasteiger partial charge in [0, 0.05) is 0 Å². The summed E-state index contributed by atoms with van der Waals surface area (Å²) < 4.78 is 5.33. The quantitative estimate of drug-likeness (QED) is 0.376. The summed E-state index contributed by atoms with van der Waals surface area (Å²) in [5.41, 5.74) is 0.704. The van der Waals surface area contributed by atoms with Crippen LogP contribution >= 0.6 is 0 Å². The molecule has 1 radical (unpaired) electrons. The molecule has 0 heterocycles. The molecular formula is C11H21O3. The number of rotatable bonds is 6. The Morgan fingerprint density at radius 3 is 2.14 bits per heavy atom. The molecule has 0 atom stereocenters.